The van der Waals surface area contributed by atoms with Crippen LogP contribution in [0, 0.1) is 0 Å². The van der Waals surface area contributed by atoms with Crippen LogP contribution >= 0.6 is 39.1 Å². The molecule has 0 saturated carbocycles. The number of halogens is 3. The number of benzene rings is 2. The summed E-state index contributed by atoms with van der Waals surface area (Å²) in [6.45, 7) is 5.79. The fourth-order valence-electron chi connectivity index (χ4n) is 2.99. The van der Waals surface area contributed by atoms with Crippen molar-refractivity contribution in [2.75, 3.05) is 6.61 Å². The van der Waals surface area contributed by atoms with Crippen molar-refractivity contribution in [3.63, 3.8) is 0 Å². The molecule has 0 heterocycles. The lowest BCUT2D eigenvalue weighted by Crippen LogP contribution is -2.51. The lowest BCUT2D eigenvalue weighted by atomic mass is 10.1. The summed E-state index contributed by atoms with van der Waals surface area (Å²) in [6, 6.07) is 11.7. The van der Waals surface area contributed by atoms with Crippen molar-refractivity contribution in [2.45, 2.75) is 52.2 Å². The van der Waals surface area contributed by atoms with Crippen molar-refractivity contribution in [1.82, 2.24) is 10.2 Å². The van der Waals surface area contributed by atoms with Crippen molar-refractivity contribution >= 4 is 50.9 Å². The minimum absolute atomic E-state index is 0.0140. The van der Waals surface area contributed by atoms with Gasteiger partial charge in [0.2, 0.25) is 5.91 Å². The molecule has 0 aromatic heterocycles. The third-order valence-electron chi connectivity index (χ3n) is 4.93. The molecule has 5 nitrogen and oxygen atoms in total. The normalized spacial score (nSPS) is 12.7. The molecule has 0 saturated heterocycles. The van der Waals surface area contributed by atoms with E-state index in [1.54, 1.807) is 24.3 Å². The molecule has 0 radical (unpaired) electrons. The Kier molecular flexibility index (Phi) is 10.1. The van der Waals surface area contributed by atoms with Gasteiger partial charge in [-0.15, -0.1) is 0 Å². The van der Waals surface area contributed by atoms with Gasteiger partial charge in [-0.2, -0.15) is 0 Å². The zero-order valence-corrected chi connectivity index (χ0v) is 20.9. The van der Waals surface area contributed by atoms with Crippen LogP contribution in [0.3, 0.4) is 0 Å². The van der Waals surface area contributed by atoms with E-state index in [9.17, 15) is 9.59 Å². The van der Waals surface area contributed by atoms with Crippen LogP contribution in [0.25, 0.3) is 0 Å². The zero-order chi connectivity index (χ0) is 23.0. The Labute approximate surface area is 202 Å². The average Bonchev–Trinajstić information content (AvgIpc) is 2.74. The van der Waals surface area contributed by atoms with Crippen LogP contribution in [0.4, 0.5) is 0 Å². The number of rotatable bonds is 10. The van der Waals surface area contributed by atoms with E-state index in [1.165, 1.54) is 4.90 Å². The van der Waals surface area contributed by atoms with Gasteiger partial charge in [-0.3, -0.25) is 9.59 Å². The maximum absolute atomic E-state index is 13.2. The Morgan fingerprint density at radius 2 is 1.84 bits per heavy atom. The molecule has 31 heavy (non-hydrogen) atoms. The van der Waals surface area contributed by atoms with Crippen molar-refractivity contribution in [2.24, 2.45) is 0 Å². The van der Waals surface area contributed by atoms with Crippen LogP contribution in [0.2, 0.25) is 10.0 Å². The monoisotopic (exact) mass is 528 g/mol. The number of amides is 2. The molecule has 2 atom stereocenters. The second-order valence-electron chi connectivity index (χ2n) is 7.22. The van der Waals surface area contributed by atoms with Crippen molar-refractivity contribution in [3.05, 3.63) is 62.5 Å². The first-order valence-electron chi connectivity index (χ1n) is 10.2. The molecule has 2 rings (SSSR count). The molecule has 0 fully saturated rings. The lowest BCUT2D eigenvalue weighted by molar-refractivity contribution is -0.143. The average molecular weight is 530 g/mol. The van der Waals surface area contributed by atoms with Gasteiger partial charge in [-0.1, -0.05) is 55.2 Å². The van der Waals surface area contributed by atoms with Crippen LogP contribution in [0.15, 0.2) is 46.9 Å². The summed E-state index contributed by atoms with van der Waals surface area (Å²) < 4.78 is 6.36. The third-order valence-corrected chi connectivity index (χ3v) is 6.15. The predicted molar refractivity (Wildman–Crippen MR) is 129 cm³/mol. The molecular weight excluding hydrogens is 503 g/mol. The van der Waals surface area contributed by atoms with Crippen molar-refractivity contribution < 1.29 is 14.3 Å². The van der Waals surface area contributed by atoms with Gasteiger partial charge in [0.05, 0.1) is 4.47 Å². The molecule has 8 heteroatoms. The van der Waals surface area contributed by atoms with Gasteiger partial charge < -0.3 is 15.0 Å². The van der Waals surface area contributed by atoms with Crippen LogP contribution in [0.1, 0.15) is 39.2 Å². The zero-order valence-electron chi connectivity index (χ0n) is 17.8. The minimum Gasteiger partial charge on any atom is -0.483 e. The summed E-state index contributed by atoms with van der Waals surface area (Å²) >= 11 is 15.7. The van der Waals surface area contributed by atoms with Crippen LogP contribution in [-0.2, 0) is 16.1 Å². The van der Waals surface area contributed by atoms with E-state index in [4.69, 9.17) is 27.9 Å². The second kappa shape index (κ2) is 12.3. The summed E-state index contributed by atoms with van der Waals surface area (Å²) in [5.41, 5.74) is 0.764. The molecule has 0 unspecified atom stereocenters. The molecule has 0 spiro atoms. The Balaban J connectivity index is 2.25. The molecular formula is C23H27BrCl2N2O3. The van der Waals surface area contributed by atoms with Crippen molar-refractivity contribution in [1.29, 1.82) is 0 Å². The summed E-state index contributed by atoms with van der Waals surface area (Å²) in [5.74, 6) is -0.00889. The van der Waals surface area contributed by atoms with Crippen LogP contribution in [-0.4, -0.2) is 35.4 Å². The quantitative estimate of drug-likeness (QED) is 0.419. The molecule has 2 amide bonds. The highest BCUT2D eigenvalue weighted by Crippen LogP contribution is 2.28. The van der Waals surface area contributed by atoms with E-state index in [1.807, 2.05) is 39.0 Å². The number of nitrogens with one attached hydrogen (secondary N) is 1. The van der Waals surface area contributed by atoms with E-state index in [-0.39, 0.29) is 31.0 Å². The molecule has 1 N–H and O–H groups in total. The SMILES string of the molecule is CC[C@H](C)NC(=O)[C@H](CC)N(Cc1ccccc1Cl)C(=O)COc1ccc(Cl)cc1Br. The van der Waals surface area contributed by atoms with E-state index in [0.717, 1.165) is 12.0 Å². The Morgan fingerprint density at radius 1 is 1.13 bits per heavy atom. The molecule has 0 aliphatic carbocycles. The predicted octanol–water partition coefficient (Wildman–Crippen LogP) is 5.86. The second-order valence-corrected chi connectivity index (χ2v) is 8.92. The summed E-state index contributed by atoms with van der Waals surface area (Å²) in [4.78, 5) is 27.7. The van der Waals surface area contributed by atoms with Gasteiger partial charge in [0.1, 0.15) is 11.8 Å². The number of carbonyl (C=O) groups excluding carboxylic acids is 2. The first kappa shape index (κ1) is 25.5. The van der Waals surface area contributed by atoms with Gasteiger partial charge >= 0.3 is 0 Å². The van der Waals surface area contributed by atoms with Gasteiger partial charge in [-0.25, -0.2) is 0 Å². The Bertz CT molecular complexity index is 910. The summed E-state index contributed by atoms with van der Waals surface area (Å²) in [5, 5.41) is 4.07. The summed E-state index contributed by atoms with van der Waals surface area (Å²) in [6.07, 6.45) is 1.26. The number of hydrogen-bond acceptors (Lipinski definition) is 3. The maximum atomic E-state index is 13.2. The Hall–Kier alpha value is -1.76. The highest BCUT2D eigenvalue weighted by atomic mass is 79.9. The topological polar surface area (TPSA) is 58.6 Å². The maximum Gasteiger partial charge on any atom is 0.261 e. The lowest BCUT2D eigenvalue weighted by Gasteiger charge is -2.31. The van der Waals surface area contributed by atoms with Gasteiger partial charge in [-0.05, 0) is 65.5 Å². The van der Waals surface area contributed by atoms with Crippen LogP contribution < -0.4 is 10.1 Å². The number of ether oxygens (including phenoxy) is 1. The third kappa shape index (κ3) is 7.41. The first-order chi connectivity index (χ1) is 14.8. The number of carbonyl (C=O) groups is 2. The van der Waals surface area contributed by atoms with E-state index < -0.39 is 6.04 Å². The van der Waals surface area contributed by atoms with Gasteiger partial charge in [0.25, 0.3) is 5.91 Å². The number of nitrogens with zero attached hydrogens (tertiary/aromatic N) is 1. The highest BCUT2D eigenvalue weighted by molar-refractivity contribution is 9.10. The van der Waals surface area contributed by atoms with Crippen LogP contribution in [0.5, 0.6) is 5.75 Å². The standard InChI is InChI=1S/C23H27BrCl2N2O3/c1-4-15(3)27-23(30)20(5-2)28(13-16-8-6-7-9-19(16)26)22(29)14-31-21-11-10-17(25)12-18(21)24/h6-12,15,20H,4-5,13-14H2,1-3H3,(H,27,30)/t15-,20-/m0/s1. The van der Waals surface area contributed by atoms with Gasteiger partial charge in [0.15, 0.2) is 6.61 Å². The van der Waals surface area contributed by atoms with E-state index in [0.29, 0.717) is 26.7 Å². The largest absolute Gasteiger partial charge is 0.483 e. The fourth-order valence-corrected chi connectivity index (χ4v) is 3.98. The van der Waals surface area contributed by atoms with E-state index in [2.05, 4.69) is 21.2 Å². The molecule has 0 aliphatic rings. The molecule has 0 aliphatic heterocycles. The smallest absolute Gasteiger partial charge is 0.261 e. The fraction of sp³-hybridized carbons (Fsp3) is 0.391. The molecule has 168 valence electrons. The molecule has 2 aromatic carbocycles. The Morgan fingerprint density at radius 3 is 2.45 bits per heavy atom. The van der Waals surface area contributed by atoms with Gasteiger partial charge in [0, 0.05) is 22.6 Å². The van der Waals surface area contributed by atoms with E-state index >= 15 is 0 Å². The number of hydrogen-bond donors (Lipinski definition) is 1. The first-order valence-corrected chi connectivity index (χ1v) is 11.7. The minimum atomic E-state index is -0.643. The molecule has 2 aromatic rings. The summed E-state index contributed by atoms with van der Waals surface area (Å²) in [7, 11) is 0. The van der Waals surface area contributed by atoms with Crippen molar-refractivity contribution in [3.8, 4) is 5.75 Å². The molecule has 0 bridgehead atoms. The highest BCUT2D eigenvalue weighted by Gasteiger charge is 2.30.